The highest BCUT2D eigenvalue weighted by Gasteiger charge is 1.99. The number of nitrogens with zero attached hydrogens (tertiary/aromatic N) is 1. The lowest BCUT2D eigenvalue weighted by atomic mass is 10.1. The Morgan fingerprint density at radius 1 is 1.28 bits per heavy atom. The molecular weight excluding hydrogens is 231 g/mol. The molecule has 0 atom stereocenters. The summed E-state index contributed by atoms with van der Waals surface area (Å²) in [4.78, 5) is 2.09. The minimum Gasteiger partial charge on any atom is -0.379 e. The lowest BCUT2D eigenvalue weighted by molar-refractivity contribution is 0.119. The van der Waals surface area contributed by atoms with Gasteiger partial charge in [-0.3, -0.25) is 0 Å². The first-order valence-corrected chi connectivity index (χ1v) is 6.28. The van der Waals surface area contributed by atoms with Crippen molar-refractivity contribution in [3.05, 3.63) is 35.1 Å². The number of hydrogen-bond acceptors (Lipinski definition) is 3. The van der Waals surface area contributed by atoms with Crippen molar-refractivity contribution in [2.45, 2.75) is 13.5 Å². The van der Waals surface area contributed by atoms with Crippen molar-refractivity contribution in [2.75, 3.05) is 40.4 Å². The van der Waals surface area contributed by atoms with E-state index in [1.807, 2.05) is 20.2 Å². The van der Waals surface area contributed by atoms with Crippen LogP contribution >= 0.6 is 0 Å². The van der Waals surface area contributed by atoms with Gasteiger partial charge in [0.2, 0.25) is 0 Å². The normalized spacial score (nSPS) is 11.2. The van der Waals surface area contributed by atoms with E-state index in [1.165, 1.54) is 0 Å². The van der Waals surface area contributed by atoms with Crippen molar-refractivity contribution >= 4 is 0 Å². The molecule has 0 amide bonds. The molecule has 0 aromatic heterocycles. The Morgan fingerprint density at radius 3 is 2.72 bits per heavy atom. The summed E-state index contributed by atoms with van der Waals surface area (Å²) in [5.74, 6) is -0.142. The summed E-state index contributed by atoms with van der Waals surface area (Å²) < 4.78 is 18.7. The maximum Gasteiger partial charge on any atom is 0.126 e. The van der Waals surface area contributed by atoms with Crippen molar-refractivity contribution in [3.8, 4) is 0 Å². The van der Waals surface area contributed by atoms with Crippen LogP contribution in [0.3, 0.4) is 0 Å². The first-order chi connectivity index (χ1) is 8.59. The van der Waals surface area contributed by atoms with Gasteiger partial charge in [-0.2, -0.15) is 0 Å². The highest BCUT2D eigenvalue weighted by atomic mass is 19.1. The minimum absolute atomic E-state index is 0.142. The van der Waals surface area contributed by atoms with Crippen LogP contribution in [0.1, 0.15) is 11.1 Å². The summed E-state index contributed by atoms with van der Waals surface area (Å²) in [7, 11) is 4.04. The molecule has 0 aliphatic heterocycles. The van der Waals surface area contributed by atoms with Gasteiger partial charge in [0.25, 0.3) is 0 Å². The molecule has 1 rings (SSSR count). The minimum atomic E-state index is -0.142. The molecule has 0 unspecified atom stereocenters. The van der Waals surface area contributed by atoms with E-state index in [0.717, 1.165) is 25.3 Å². The fourth-order valence-corrected chi connectivity index (χ4v) is 1.47. The van der Waals surface area contributed by atoms with Crippen molar-refractivity contribution in [3.63, 3.8) is 0 Å². The molecule has 0 heterocycles. The van der Waals surface area contributed by atoms with Crippen LogP contribution < -0.4 is 5.32 Å². The molecule has 0 spiro atoms. The zero-order chi connectivity index (χ0) is 13.4. The van der Waals surface area contributed by atoms with Crippen LogP contribution in [0, 0.1) is 12.7 Å². The fraction of sp³-hybridized carbons (Fsp3) is 0.571. The molecule has 3 nitrogen and oxygen atoms in total. The predicted molar refractivity (Wildman–Crippen MR) is 72.2 cm³/mol. The molecule has 0 saturated heterocycles. The number of ether oxygens (including phenoxy) is 1. The fourth-order valence-electron chi connectivity index (χ4n) is 1.47. The summed E-state index contributed by atoms with van der Waals surface area (Å²) >= 11 is 0. The highest BCUT2D eigenvalue weighted by Crippen LogP contribution is 2.08. The van der Waals surface area contributed by atoms with Gasteiger partial charge in [-0.05, 0) is 38.2 Å². The van der Waals surface area contributed by atoms with Gasteiger partial charge in [-0.15, -0.1) is 0 Å². The van der Waals surface area contributed by atoms with Crippen LogP contribution in [0.25, 0.3) is 0 Å². The van der Waals surface area contributed by atoms with Crippen LogP contribution in [0.15, 0.2) is 18.2 Å². The summed E-state index contributed by atoms with van der Waals surface area (Å²) in [5.41, 5.74) is 1.65. The second kappa shape index (κ2) is 8.19. The first kappa shape index (κ1) is 15.1. The number of likely N-dealkylation sites (N-methyl/N-ethyl adjacent to an activating group) is 1. The maximum absolute atomic E-state index is 13.3. The van der Waals surface area contributed by atoms with E-state index in [0.29, 0.717) is 18.7 Å². The van der Waals surface area contributed by atoms with Gasteiger partial charge in [-0.1, -0.05) is 12.1 Å². The number of nitrogens with one attached hydrogen (secondary N) is 1. The molecule has 4 heteroatoms. The van der Waals surface area contributed by atoms with E-state index in [9.17, 15) is 4.39 Å². The molecule has 0 aliphatic carbocycles. The van der Waals surface area contributed by atoms with E-state index in [2.05, 4.69) is 10.2 Å². The lowest BCUT2D eigenvalue weighted by Crippen LogP contribution is -2.23. The zero-order valence-electron chi connectivity index (χ0n) is 11.5. The van der Waals surface area contributed by atoms with Crippen molar-refractivity contribution < 1.29 is 9.13 Å². The van der Waals surface area contributed by atoms with Crippen LogP contribution in [-0.2, 0) is 11.3 Å². The smallest absolute Gasteiger partial charge is 0.126 e. The summed E-state index contributed by atoms with van der Waals surface area (Å²) in [6.07, 6.45) is 0. The van der Waals surface area contributed by atoms with Crippen molar-refractivity contribution in [1.82, 2.24) is 10.2 Å². The SMILES string of the molecule is Cc1ccc(CNCCOCCN(C)C)cc1F. The van der Waals surface area contributed by atoms with Crippen molar-refractivity contribution in [2.24, 2.45) is 0 Å². The number of hydrogen-bond donors (Lipinski definition) is 1. The predicted octanol–water partition coefficient (Wildman–Crippen LogP) is 1.80. The quantitative estimate of drug-likeness (QED) is 0.716. The third-order valence-electron chi connectivity index (χ3n) is 2.67. The Morgan fingerprint density at radius 2 is 2.06 bits per heavy atom. The Bertz CT molecular complexity index is 356. The molecule has 1 N–H and O–H groups in total. The van der Waals surface area contributed by atoms with E-state index in [1.54, 1.807) is 19.1 Å². The average molecular weight is 254 g/mol. The molecule has 0 radical (unpaired) electrons. The highest BCUT2D eigenvalue weighted by molar-refractivity contribution is 5.23. The van der Waals surface area contributed by atoms with Gasteiger partial charge < -0.3 is 15.0 Å². The van der Waals surface area contributed by atoms with Gasteiger partial charge >= 0.3 is 0 Å². The van der Waals surface area contributed by atoms with Crippen LogP contribution in [0.5, 0.6) is 0 Å². The zero-order valence-corrected chi connectivity index (χ0v) is 11.5. The standard InChI is InChI=1S/C14H23FN2O/c1-12-4-5-13(10-14(12)15)11-16-6-8-18-9-7-17(2)3/h4-5,10,16H,6-9,11H2,1-3H3. The van der Waals surface area contributed by atoms with Crippen molar-refractivity contribution in [1.29, 1.82) is 0 Å². The van der Waals surface area contributed by atoms with Gasteiger partial charge in [0.1, 0.15) is 5.82 Å². The van der Waals surface area contributed by atoms with Gasteiger partial charge in [0.15, 0.2) is 0 Å². The van der Waals surface area contributed by atoms with Gasteiger partial charge in [-0.25, -0.2) is 4.39 Å². The summed E-state index contributed by atoms with van der Waals surface area (Å²) in [6.45, 7) is 5.58. The largest absolute Gasteiger partial charge is 0.379 e. The topological polar surface area (TPSA) is 24.5 Å². The molecule has 0 bridgehead atoms. The molecule has 0 saturated carbocycles. The summed E-state index contributed by atoms with van der Waals surface area (Å²) in [6, 6.07) is 5.33. The Balaban J connectivity index is 2.09. The molecule has 1 aromatic carbocycles. The lowest BCUT2D eigenvalue weighted by Gasteiger charge is -2.10. The molecular formula is C14H23FN2O. The molecule has 18 heavy (non-hydrogen) atoms. The molecule has 0 fully saturated rings. The molecule has 102 valence electrons. The molecule has 1 aromatic rings. The van der Waals surface area contributed by atoms with Gasteiger partial charge in [0, 0.05) is 19.6 Å². The third kappa shape index (κ3) is 6.10. The Kier molecular flexibility index (Phi) is 6.86. The van der Waals surface area contributed by atoms with Crippen LogP contribution in [0.2, 0.25) is 0 Å². The number of aryl methyl sites for hydroxylation is 1. The average Bonchev–Trinajstić information content (AvgIpc) is 2.32. The van der Waals surface area contributed by atoms with E-state index in [4.69, 9.17) is 4.74 Å². The van der Waals surface area contributed by atoms with Crippen LogP contribution in [-0.4, -0.2) is 45.3 Å². The van der Waals surface area contributed by atoms with E-state index >= 15 is 0 Å². The van der Waals surface area contributed by atoms with Crippen LogP contribution in [0.4, 0.5) is 4.39 Å². The Labute approximate surface area is 109 Å². The van der Waals surface area contributed by atoms with E-state index < -0.39 is 0 Å². The number of benzene rings is 1. The second-order valence-electron chi connectivity index (χ2n) is 4.68. The second-order valence-corrected chi connectivity index (χ2v) is 4.68. The maximum atomic E-state index is 13.3. The first-order valence-electron chi connectivity index (χ1n) is 6.28. The number of halogens is 1. The molecule has 0 aliphatic rings. The van der Waals surface area contributed by atoms with Gasteiger partial charge in [0.05, 0.1) is 13.2 Å². The monoisotopic (exact) mass is 254 g/mol. The Hall–Kier alpha value is -0.970. The van der Waals surface area contributed by atoms with E-state index in [-0.39, 0.29) is 5.82 Å². The third-order valence-corrected chi connectivity index (χ3v) is 2.67. The summed E-state index contributed by atoms with van der Waals surface area (Å²) in [5, 5.41) is 3.23. The number of rotatable bonds is 8.